The Morgan fingerprint density at radius 1 is 1.41 bits per heavy atom. The molecule has 118 valence electrons. The number of aromatic nitrogens is 2. The Bertz CT molecular complexity index is 643. The standard InChI is InChI=1S/C16H21N3O2S/c1-16(2,3)13-10-22-14(17-13)12-6-4-5-8-19(12)15(20)11-7-9-21-18-11/h7,9-10,12H,4-6,8H2,1-3H3/t12-/m1/s1. The van der Waals surface area contributed by atoms with E-state index in [1.54, 1.807) is 17.4 Å². The van der Waals surface area contributed by atoms with E-state index in [4.69, 9.17) is 9.51 Å². The van der Waals surface area contributed by atoms with Crippen LogP contribution in [0.5, 0.6) is 0 Å². The predicted molar refractivity (Wildman–Crippen MR) is 84.9 cm³/mol. The van der Waals surface area contributed by atoms with Crippen molar-refractivity contribution >= 4 is 17.2 Å². The van der Waals surface area contributed by atoms with Crippen LogP contribution in [0.4, 0.5) is 0 Å². The van der Waals surface area contributed by atoms with Crippen LogP contribution in [0, 0.1) is 0 Å². The van der Waals surface area contributed by atoms with Crippen LogP contribution in [0.1, 0.15) is 67.3 Å². The number of hydrogen-bond acceptors (Lipinski definition) is 5. The molecule has 0 unspecified atom stereocenters. The lowest BCUT2D eigenvalue weighted by atomic mass is 9.93. The average molecular weight is 319 g/mol. The van der Waals surface area contributed by atoms with Gasteiger partial charge in [-0.1, -0.05) is 25.9 Å². The van der Waals surface area contributed by atoms with Gasteiger partial charge in [-0.3, -0.25) is 4.79 Å². The Morgan fingerprint density at radius 2 is 2.23 bits per heavy atom. The number of nitrogens with zero attached hydrogens (tertiary/aromatic N) is 3. The first-order valence-corrected chi connectivity index (χ1v) is 8.52. The highest BCUT2D eigenvalue weighted by molar-refractivity contribution is 7.09. The smallest absolute Gasteiger partial charge is 0.276 e. The van der Waals surface area contributed by atoms with Crippen molar-refractivity contribution in [3.63, 3.8) is 0 Å². The Morgan fingerprint density at radius 3 is 2.86 bits per heavy atom. The summed E-state index contributed by atoms with van der Waals surface area (Å²) in [4.78, 5) is 19.3. The molecule has 0 bridgehead atoms. The van der Waals surface area contributed by atoms with Crippen molar-refractivity contribution in [2.75, 3.05) is 6.54 Å². The number of rotatable bonds is 2. The van der Waals surface area contributed by atoms with Gasteiger partial charge < -0.3 is 9.42 Å². The van der Waals surface area contributed by atoms with E-state index < -0.39 is 0 Å². The fraction of sp³-hybridized carbons (Fsp3) is 0.562. The lowest BCUT2D eigenvalue weighted by Crippen LogP contribution is -2.38. The van der Waals surface area contributed by atoms with Gasteiger partial charge in [-0.15, -0.1) is 11.3 Å². The molecule has 1 atom stereocenters. The topological polar surface area (TPSA) is 59.2 Å². The number of hydrogen-bond donors (Lipinski definition) is 0. The third-order valence-corrected chi connectivity index (χ3v) is 4.94. The van der Waals surface area contributed by atoms with Gasteiger partial charge in [0.1, 0.15) is 11.3 Å². The van der Waals surface area contributed by atoms with E-state index in [1.165, 1.54) is 6.26 Å². The predicted octanol–water partition coefficient (Wildman–Crippen LogP) is 3.80. The first-order chi connectivity index (χ1) is 10.5. The number of piperidine rings is 1. The molecule has 22 heavy (non-hydrogen) atoms. The van der Waals surface area contributed by atoms with Gasteiger partial charge in [-0.05, 0) is 19.3 Å². The van der Waals surface area contributed by atoms with E-state index in [0.29, 0.717) is 5.69 Å². The molecule has 1 amide bonds. The van der Waals surface area contributed by atoms with Gasteiger partial charge in [0.15, 0.2) is 5.69 Å². The minimum Gasteiger partial charge on any atom is -0.364 e. The van der Waals surface area contributed by atoms with Crippen LogP contribution in [0.3, 0.4) is 0 Å². The summed E-state index contributed by atoms with van der Waals surface area (Å²) in [5.74, 6) is -0.0639. The Balaban J connectivity index is 1.87. The van der Waals surface area contributed by atoms with Gasteiger partial charge in [0.25, 0.3) is 5.91 Å². The van der Waals surface area contributed by atoms with Crippen molar-refractivity contribution < 1.29 is 9.32 Å². The second-order valence-corrected chi connectivity index (χ2v) is 7.61. The summed E-state index contributed by atoms with van der Waals surface area (Å²) in [6, 6.07) is 1.68. The lowest BCUT2D eigenvalue weighted by molar-refractivity contribution is 0.0600. The molecule has 2 aromatic rings. The SMILES string of the molecule is CC(C)(C)c1csc([C@H]2CCCCN2C(=O)c2ccon2)n1. The molecule has 1 aliphatic heterocycles. The van der Waals surface area contributed by atoms with Crippen LogP contribution in [-0.4, -0.2) is 27.5 Å². The second-order valence-electron chi connectivity index (χ2n) is 6.72. The fourth-order valence-corrected chi connectivity index (χ4v) is 3.88. The summed E-state index contributed by atoms with van der Waals surface area (Å²) in [6.07, 6.45) is 4.54. The van der Waals surface area contributed by atoms with E-state index in [9.17, 15) is 4.79 Å². The summed E-state index contributed by atoms with van der Waals surface area (Å²) < 4.78 is 4.81. The van der Waals surface area contributed by atoms with Crippen LogP contribution < -0.4 is 0 Å². The molecule has 0 spiro atoms. The molecule has 2 aromatic heterocycles. The zero-order chi connectivity index (χ0) is 15.7. The molecular formula is C16H21N3O2S. The highest BCUT2D eigenvalue weighted by Crippen LogP contribution is 2.35. The molecule has 0 aliphatic carbocycles. The Labute approximate surface area is 134 Å². The first-order valence-electron chi connectivity index (χ1n) is 7.64. The van der Waals surface area contributed by atoms with E-state index in [2.05, 4.69) is 31.3 Å². The lowest BCUT2D eigenvalue weighted by Gasteiger charge is -2.34. The van der Waals surface area contributed by atoms with Crippen molar-refractivity contribution in [2.24, 2.45) is 0 Å². The Kier molecular flexibility index (Phi) is 4.04. The third-order valence-electron chi connectivity index (χ3n) is 4.00. The van der Waals surface area contributed by atoms with Crippen LogP contribution in [0.15, 0.2) is 22.2 Å². The molecule has 1 fully saturated rings. The molecule has 0 aromatic carbocycles. The van der Waals surface area contributed by atoms with Crippen LogP contribution in [-0.2, 0) is 5.41 Å². The number of likely N-dealkylation sites (tertiary alicyclic amines) is 1. The monoisotopic (exact) mass is 319 g/mol. The van der Waals surface area contributed by atoms with Gasteiger partial charge >= 0.3 is 0 Å². The third kappa shape index (κ3) is 2.92. The molecule has 0 saturated carbocycles. The van der Waals surface area contributed by atoms with E-state index in [0.717, 1.165) is 36.5 Å². The molecule has 3 rings (SSSR count). The normalized spacial score (nSPS) is 19.4. The van der Waals surface area contributed by atoms with Crippen molar-refractivity contribution in [1.82, 2.24) is 15.0 Å². The molecule has 1 aliphatic rings. The van der Waals surface area contributed by atoms with Crippen LogP contribution in [0.25, 0.3) is 0 Å². The summed E-state index contributed by atoms with van der Waals surface area (Å²) in [5.41, 5.74) is 1.50. The maximum absolute atomic E-state index is 12.6. The summed E-state index contributed by atoms with van der Waals surface area (Å²) in [6.45, 7) is 7.22. The van der Waals surface area contributed by atoms with E-state index in [1.807, 2.05) is 4.90 Å². The van der Waals surface area contributed by atoms with Gasteiger partial charge in [0.05, 0.1) is 11.7 Å². The second kappa shape index (κ2) is 5.83. The number of carbonyl (C=O) groups is 1. The molecule has 0 radical (unpaired) electrons. The molecular weight excluding hydrogens is 298 g/mol. The zero-order valence-corrected chi connectivity index (χ0v) is 14.0. The number of amides is 1. The fourth-order valence-electron chi connectivity index (χ4n) is 2.69. The summed E-state index contributed by atoms with van der Waals surface area (Å²) in [7, 11) is 0. The number of carbonyl (C=O) groups excluding carboxylic acids is 1. The quantitative estimate of drug-likeness (QED) is 0.845. The average Bonchev–Trinajstić information content (AvgIpc) is 3.17. The maximum atomic E-state index is 12.6. The van der Waals surface area contributed by atoms with Crippen LogP contribution >= 0.6 is 11.3 Å². The van der Waals surface area contributed by atoms with Crippen molar-refractivity contribution in [3.8, 4) is 0 Å². The van der Waals surface area contributed by atoms with Crippen molar-refractivity contribution in [3.05, 3.63) is 34.1 Å². The maximum Gasteiger partial charge on any atom is 0.276 e. The zero-order valence-electron chi connectivity index (χ0n) is 13.2. The van der Waals surface area contributed by atoms with Gasteiger partial charge in [-0.25, -0.2) is 4.98 Å². The molecule has 1 saturated heterocycles. The molecule has 6 heteroatoms. The van der Waals surface area contributed by atoms with E-state index >= 15 is 0 Å². The van der Waals surface area contributed by atoms with Crippen molar-refractivity contribution in [2.45, 2.75) is 51.5 Å². The minimum atomic E-state index is -0.0639. The molecule has 3 heterocycles. The highest BCUT2D eigenvalue weighted by Gasteiger charge is 2.32. The molecule has 0 N–H and O–H groups in total. The first kappa shape index (κ1) is 15.2. The van der Waals surface area contributed by atoms with Crippen LogP contribution in [0.2, 0.25) is 0 Å². The van der Waals surface area contributed by atoms with Gasteiger partial charge in [-0.2, -0.15) is 0 Å². The van der Waals surface area contributed by atoms with Gasteiger partial charge in [0.2, 0.25) is 0 Å². The highest BCUT2D eigenvalue weighted by atomic mass is 32.1. The Hall–Kier alpha value is -1.69. The van der Waals surface area contributed by atoms with Gasteiger partial charge in [0, 0.05) is 23.4 Å². The summed E-state index contributed by atoms with van der Waals surface area (Å²) in [5, 5.41) is 6.92. The minimum absolute atomic E-state index is 0.0321. The number of thiazole rings is 1. The largest absolute Gasteiger partial charge is 0.364 e. The van der Waals surface area contributed by atoms with Crippen molar-refractivity contribution in [1.29, 1.82) is 0 Å². The summed E-state index contributed by atoms with van der Waals surface area (Å²) >= 11 is 1.65. The van der Waals surface area contributed by atoms with E-state index in [-0.39, 0.29) is 17.4 Å². The molecule has 5 nitrogen and oxygen atoms in total.